The van der Waals surface area contributed by atoms with Gasteiger partial charge in [-0.25, -0.2) is 4.79 Å². The monoisotopic (exact) mass is 336 g/mol. The van der Waals surface area contributed by atoms with Crippen molar-refractivity contribution in [1.29, 1.82) is 0 Å². The van der Waals surface area contributed by atoms with E-state index in [1.165, 1.54) is 0 Å². The summed E-state index contributed by atoms with van der Waals surface area (Å²) in [7, 11) is 0. The van der Waals surface area contributed by atoms with Gasteiger partial charge in [0.2, 0.25) is 5.91 Å². The van der Waals surface area contributed by atoms with Crippen LogP contribution in [-0.4, -0.2) is 40.8 Å². The van der Waals surface area contributed by atoms with Gasteiger partial charge in [0.15, 0.2) is 0 Å². The summed E-state index contributed by atoms with van der Waals surface area (Å²) in [5.74, 6) is -0.970. The van der Waals surface area contributed by atoms with Crippen molar-refractivity contribution in [2.24, 2.45) is 11.8 Å². The molecule has 7 nitrogen and oxygen atoms in total. The van der Waals surface area contributed by atoms with E-state index in [-0.39, 0.29) is 17.9 Å². The molecular weight excluding hydrogens is 312 g/mol. The average Bonchev–Trinajstić information content (AvgIpc) is 3.12. The highest BCUT2D eigenvalue weighted by Crippen LogP contribution is 2.24. The Bertz CT molecular complexity index is 576. The van der Waals surface area contributed by atoms with Gasteiger partial charge in [-0.15, -0.1) is 0 Å². The van der Waals surface area contributed by atoms with Crippen LogP contribution in [0.3, 0.4) is 0 Å². The molecule has 4 atom stereocenters. The summed E-state index contributed by atoms with van der Waals surface area (Å²) >= 11 is 0. The summed E-state index contributed by atoms with van der Waals surface area (Å²) in [6.45, 7) is 5.32. The van der Waals surface area contributed by atoms with Crippen molar-refractivity contribution in [3.63, 3.8) is 0 Å². The summed E-state index contributed by atoms with van der Waals surface area (Å²) in [6.07, 6.45) is 8.18. The SMILES string of the molecule is CC(C)(C)OC(=O)N[C@H]1C=C[C@@H](C(=O)O)C1.O=C1N[C@H]2C=C[C@@H]1C2. The number of nitrogens with one attached hydrogen (secondary N) is 2. The molecule has 0 radical (unpaired) electrons. The van der Waals surface area contributed by atoms with Crippen LogP contribution in [0.1, 0.15) is 33.6 Å². The zero-order chi connectivity index (χ0) is 17.9. The Labute approximate surface area is 141 Å². The van der Waals surface area contributed by atoms with Crippen LogP contribution in [0.4, 0.5) is 4.79 Å². The van der Waals surface area contributed by atoms with Gasteiger partial charge in [0.05, 0.1) is 17.9 Å². The Kier molecular flexibility index (Phi) is 5.31. The quantitative estimate of drug-likeness (QED) is 0.664. The van der Waals surface area contributed by atoms with Crippen LogP contribution in [0, 0.1) is 11.8 Å². The van der Waals surface area contributed by atoms with E-state index in [1.807, 2.05) is 6.08 Å². The predicted molar refractivity (Wildman–Crippen MR) is 87.2 cm³/mol. The summed E-state index contributed by atoms with van der Waals surface area (Å²) in [6, 6.07) is 0.114. The molecule has 7 heteroatoms. The highest BCUT2D eigenvalue weighted by atomic mass is 16.6. The predicted octanol–water partition coefficient (Wildman–Crippen LogP) is 1.60. The zero-order valence-corrected chi connectivity index (χ0v) is 14.1. The van der Waals surface area contributed by atoms with E-state index in [4.69, 9.17) is 9.84 Å². The molecule has 1 heterocycles. The molecule has 0 saturated carbocycles. The molecule has 1 saturated heterocycles. The van der Waals surface area contributed by atoms with E-state index in [1.54, 1.807) is 32.9 Å². The molecule has 0 aromatic rings. The Morgan fingerprint density at radius 2 is 1.92 bits per heavy atom. The first-order chi connectivity index (χ1) is 11.1. The Morgan fingerprint density at radius 3 is 2.29 bits per heavy atom. The third-order valence-corrected chi connectivity index (χ3v) is 3.85. The number of aliphatic carboxylic acids is 1. The molecule has 1 aliphatic heterocycles. The highest BCUT2D eigenvalue weighted by Gasteiger charge is 2.32. The first kappa shape index (κ1) is 18.0. The number of fused-ring (bicyclic) bond motifs is 2. The minimum absolute atomic E-state index is 0.206. The Balaban J connectivity index is 0.000000214. The number of ether oxygens (including phenoxy) is 1. The van der Waals surface area contributed by atoms with Crippen LogP contribution in [0.15, 0.2) is 24.3 Å². The topological polar surface area (TPSA) is 105 Å². The first-order valence-electron chi connectivity index (χ1n) is 8.03. The standard InChI is InChI=1S/C11H17NO4.C6H7NO/c1-11(2,3)16-10(15)12-8-5-4-7(6-8)9(13)14;8-6-4-1-2-5(3-4)7-6/h4-5,7-8H,6H2,1-3H3,(H,12,15)(H,13,14);1-2,4-5H,3H2,(H,7,8)/t7-,8+;4-,5+/m11/s1. The molecule has 2 bridgehead atoms. The maximum atomic E-state index is 11.4. The van der Waals surface area contributed by atoms with Gasteiger partial charge in [-0.1, -0.05) is 24.3 Å². The summed E-state index contributed by atoms with van der Waals surface area (Å²) in [4.78, 5) is 32.7. The molecule has 0 aromatic carbocycles. The minimum atomic E-state index is -0.871. The molecular formula is C17H24N2O5. The molecule has 3 aliphatic rings. The van der Waals surface area contributed by atoms with Crippen LogP contribution in [-0.2, 0) is 14.3 Å². The van der Waals surface area contributed by atoms with Crippen molar-refractivity contribution in [1.82, 2.24) is 10.6 Å². The van der Waals surface area contributed by atoms with Crippen LogP contribution in [0.25, 0.3) is 0 Å². The van der Waals surface area contributed by atoms with Crippen LogP contribution in [0.2, 0.25) is 0 Å². The first-order valence-corrected chi connectivity index (χ1v) is 8.03. The molecule has 3 N–H and O–H groups in total. The van der Waals surface area contributed by atoms with E-state index < -0.39 is 23.6 Å². The number of rotatable bonds is 2. The fourth-order valence-corrected chi connectivity index (χ4v) is 2.74. The van der Waals surface area contributed by atoms with E-state index in [9.17, 15) is 14.4 Å². The average molecular weight is 336 g/mol. The van der Waals surface area contributed by atoms with Crippen molar-refractivity contribution < 1.29 is 24.2 Å². The number of carboxylic acids is 1. The molecule has 24 heavy (non-hydrogen) atoms. The van der Waals surface area contributed by atoms with Crippen LogP contribution < -0.4 is 10.6 Å². The lowest BCUT2D eigenvalue weighted by Crippen LogP contribution is -2.38. The van der Waals surface area contributed by atoms with Crippen molar-refractivity contribution in [2.75, 3.05) is 0 Å². The van der Waals surface area contributed by atoms with E-state index in [0.29, 0.717) is 12.5 Å². The fraction of sp³-hybridized carbons (Fsp3) is 0.588. The van der Waals surface area contributed by atoms with Gasteiger partial charge in [-0.3, -0.25) is 9.59 Å². The molecule has 2 amide bonds. The van der Waals surface area contributed by atoms with Crippen molar-refractivity contribution in [2.45, 2.75) is 51.3 Å². The van der Waals surface area contributed by atoms with Crippen molar-refractivity contribution in [3.05, 3.63) is 24.3 Å². The lowest BCUT2D eigenvalue weighted by Gasteiger charge is -2.21. The summed E-state index contributed by atoms with van der Waals surface area (Å²) in [5.41, 5.74) is -0.543. The van der Waals surface area contributed by atoms with Crippen molar-refractivity contribution in [3.8, 4) is 0 Å². The summed E-state index contributed by atoms with van der Waals surface area (Å²) in [5, 5.41) is 14.2. The molecule has 3 rings (SSSR count). The molecule has 0 aromatic heterocycles. The smallest absolute Gasteiger partial charge is 0.408 e. The Hall–Kier alpha value is -2.31. The second-order valence-corrected chi connectivity index (χ2v) is 7.16. The molecule has 0 spiro atoms. The zero-order valence-electron chi connectivity index (χ0n) is 14.1. The van der Waals surface area contributed by atoms with Crippen molar-refractivity contribution >= 4 is 18.0 Å². The number of carbonyl (C=O) groups is 3. The third kappa shape index (κ3) is 5.11. The normalized spacial score (nSPS) is 29.7. The van der Waals surface area contributed by atoms with Gasteiger partial charge in [0.25, 0.3) is 0 Å². The number of carbonyl (C=O) groups excluding carboxylic acids is 2. The highest BCUT2D eigenvalue weighted by molar-refractivity contribution is 5.84. The molecule has 132 valence electrons. The van der Waals surface area contributed by atoms with E-state index >= 15 is 0 Å². The summed E-state index contributed by atoms with van der Waals surface area (Å²) < 4.78 is 5.06. The number of alkyl carbamates (subject to hydrolysis) is 1. The largest absolute Gasteiger partial charge is 0.481 e. The molecule has 1 fully saturated rings. The maximum Gasteiger partial charge on any atom is 0.408 e. The van der Waals surface area contributed by atoms with Gasteiger partial charge >= 0.3 is 12.1 Å². The lowest BCUT2D eigenvalue weighted by molar-refractivity contribution is -0.140. The second-order valence-electron chi connectivity index (χ2n) is 7.16. The van der Waals surface area contributed by atoms with E-state index in [0.717, 1.165) is 6.42 Å². The number of hydrogen-bond acceptors (Lipinski definition) is 4. The lowest BCUT2D eigenvalue weighted by atomic mass is 10.1. The third-order valence-electron chi connectivity index (χ3n) is 3.85. The number of amides is 2. The molecule has 2 aliphatic carbocycles. The maximum absolute atomic E-state index is 11.4. The number of hydrogen-bond donors (Lipinski definition) is 3. The minimum Gasteiger partial charge on any atom is -0.481 e. The van der Waals surface area contributed by atoms with Gasteiger partial charge in [0, 0.05) is 6.04 Å². The number of carboxylic acid groups (broad SMARTS) is 1. The fourth-order valence-electron chi connectivity index (χ4n) is 2.74. The van der Waals surface area contributed by atoms with Gasteiger partial charge < -0.3 is 20.5 Å². The van der Waals surface area contributed by atoms with Crippen LogP contribution >= 0.6 is 0 Å². The second kappa shape index (κ2) is 7.07. The van der Waals surface area contributed by atoms with Crippen LogP contribution in [0.5, 0.6) is 0 Å². The molecule has 0 unspecified atom stereocenters. The van der Waals surface area contributed by atoms with Gasteiger partial charge in [-0.05, 0) is 33.6 Å². The van der Waals surface area contributed by atoms with Gasteiger partial charge in [0.1, 0.15) is 5.60 Å². The van der Waals surface area contributed by atoms with Gasteiger partial charge in [-0.2, -0.15) is 0 Å². The Morgan fingerprint density at radius 1 is 1.21 bits per heavy atom. The van der Waals surface area contributed by atoms with E-state index in [2.05, 4.69) is 16.7 Å².